The fourth-order valence-electron chi connectivity index (χ4n) is 3.19. The summed E-state index contributed by atoms with van der Waals surface area (Å²) in [5.41, 5.74) is 2.84. The molecular weight excluding hydrogens is 302 g/mol. The first-order chi connectivity index (χ1) is 9.98. The van der Waals surface area contributed by atoms with Gasteiger partial charge in [0.05, 0.1) is 5.75 Å². The van der Waals surface area contributed by atoms with Gasteiger partial charge in [0, 0.05) is 24.6 Å². The third-order valence-electron chi connectivity index (χ3n) is 4.48. The van der Waals surface area contributed by atoms with Crippen LogP contribution in [0.1, 0.15) is 30.0 Å². The van der Waals surface area contributed by atoms with Crippen molar-refractivity contribution in [2.24, 2.45) is 5.41 Å². The molecule has 0 unspecified atom stereocenters. The average molecular weight is 325 g/mol. The lowest BCUT2D eigenvalue weighted by molar-refractivity contribution is 0.457. The Kier molecular flexibility index (Phi) is 4.35. The van der Waals surface area contributed by atoms with E-state index in [2.05, 4.69) is 29.6 Å². The SMILES string of the molecule is CS(=O)(=O)CC1(CN[C@@H]2CSCCc3ccccc32)CC1. The van der Waals surface area contributed by atoms with E-state index in [-0.39, 0.29) is 5.41 Å². The molecule has 1 aliphatic heterocycles. The van der Waals surface area contributed by atoms with Crippen LogP contribution in [0.25, 0.3) is 0 Å². The lowest BCUT2D eigenvalue weighted by atomic mass is 9.99. The van der Waals surface area contributed by atoms with Crippen LogP contribution in [0.15, 0.2) is 24.3 Å². The number of hydrogen-bond acceptors (Lipinski definition) is 4. The monoisotopic (exact) mass is 325 g/mol. The minimum atomic E-state index is -2.89. The number of hydrogen-bond donors (Lipinski definition) is 1. The molecule has 0 saturated heterocycles. The minimum Gasteiger partial charge on any atom is -0.309 e. The van der Waals surface area contributed by atoms with Crippen molar-refractivity contribution in [2.75, 3.05) is 30.1 Å². The smallest absolute Gasteiger partial charge is 0.148 e. The van der Waals surface area contributed by atoms with Crippen molar-refractivity contribution < 1.29 is 8.42 Å². The van der Waals surface area contributed by atoms with Gasteiger partial charge in [-0.25, -0.2) is 8.42 Å². The Labute approximate surface area is 131 Å². The van der Waals surface area contributed by atoms with Crippen molar-refractivity contribution in [1.82, 2.24) is 5.32 Å². The maximum Gasteiger partial charge on any atom is 0.148 e. The highest BCUT2D eigenvalue weighted by Gasteiger charge is 2.45. The van der Waals surface area contributed by atoms with Gasteiger partial charge in [0.1, 0.15) is 9.84 Å². The van der Waals surface area contributed by atoms with E-state index in [1.54, 1.807) is 0 Å². The summed E-state index contributed by atoms with van der Waals surface area (Å²) in [5.74, 6) is 2.57. The van der Waals surface area contributed by atoms with Gasteiger partial charge < -0.3 is 5.32 Å². The highest BCUT2D eigenvalue weighted by atomic mass is 32.2. The normalized spacial score (nSPS) is 24.1. The van der Waals surface area contributed by atoms with Gasteiger partial charge in [-0.1, -0.05) is 24.3 Å². The van der Waals surface area contributed by atoms with Crippen molar-refractivity contribution in [3.05, 3.63) is 35.4 Å². The maximum atomic E-state index is 11.6. The standard InChI is InChI=1S/C16H23NO2S2/c1-21(18,19)12-16(7-8-16)11-17-15-10-20-9-6-13-4-2-3-5-14(13)15/h2-5,15,17H,6-12H2,1H3/t15-/m1/s1. The van der Waals surface area contributed by atoms with Gasteiger partial charge in [-0.2, -0.15) is 11.8 Å². The molecule has 1 N–H and O–H groups in total. The molecule has 116 valence electrons. The molecule has 0 spiro atoms. The summed E-state index contributed by atoms with van der Waals surface area (Å²) in [5, 5.41) is 3.66. The fraction of sp³-hybridized carbons (Fsp3) is 0.625. The summed E-state index contributed by atoms with van der Waals surface area (Å²) < 4.78 is 23.1. The third kappa shape index (κ3) is 4.02. The van der Waals surface area contributed by atoms with Crippen LogP contribution in [0.3, 0.4) is 0 Å². The van der Waals surface area contributed by atoms with Gasteiger partial charge in [0.15, 0.2) is 0 Å². The van der Waals surface area contributed by atoms with Crippen molar-refractivity contribution in [3.63, 3.8) is 0 Å². The molecule has 1 fully saturated rings. The van der Waals surface area contributed by atoms with Gasteiger partial charge in [0.2, 0.25) is 0 Å². The molecule has 0 amide bonds. The van der Waals surface area contributed by atoms with Crippen LogP contribution in [0.2, 0.25) is 0 Å². The number of aryl methyl sites for hydroxylation is 1. The minimum absolute atomic E-state index is 0.000498. The van der Waals surface area contributed by atoms with Gasteiger partial charge >= 0.3 is 0 Å². The largest absolute Gasteiger partial charge is 0.309 e. The van der Waals surface area contributed by atoms with Gasteiger partial charge in [-0.05, 0) is 41.6 Å². The number of thioether (sulfide) groups is 1. The zero-order valence-electron chi connectivity index (χ0n) is 12.5. The maximum absolute atomic E-state index is 11.6. The topological polar surface area (TPSA) is 46.2 Å². The number of nitrogens with one attached hydrogen (secondary N) is 1. The number of rotatable bonds is 5. The molecule has 21 heavy (non-hydrogen) atoms. The number of sulfone groups is 1. The van der Waals surface area contributed by atoms with Crippen molar-refractivity contribution >= 4 is 21.6 Å². The van der Waals surface area contributed by atoms with Crippen LogP contribution in [-0.4, -0.2) is 38.5 Å². The van der Waals surface area contributed by atoms with Gasteiger partial charge in [-0.15, -0.1) is 0 Å². The Morgan fingerprint density at radius 2 is 2.10 bits per heavy atom. The summed E-state index contributed by atoms with van der Waals surface area (Å²) in [6.45, 7) is 0.819. The van der Waals surface area contributed by atoms with Crippen LogP contribution < -0.4 is 5.32 Å². The predicted octanol–water partition coefficient (Wildman–Crippen LogP) is 2.43. The second-order valence-corrected chi connectivity index (χ2v) is 9.82. The molecule has 1 atom stereocenters. The van der Waals surface area contributed by atoms with E-state index in [1.165, 1.54) is 23.1 Å². The van der Waals surface area contributed by atoms with E-state index in [0.717, 1.165) is 31.6 Å². The lowest BCUT2D eigenvalue weighted by Crippen LogP contribution is -2.33. The Bertz CT molecular complexity index is 608. The molecule has 5 heteroatoms. The second kappa shape index (κ2) is 5.94. The Morgan fingerprint density at radius 3 is 2.81 bits per heavy atom. The molecule has 1 heterocycles. The summed E-state index contributed by atoms with van der Waals surface area (Å²) >= 11 is 1.98. The van der Waals surface area contributed by atoms with Crippen LogP contribution in [0, 0.1) is 5.41 Å². The Morgan fingerprint density at radius 1 is 1.33 bits per heavy atom. The number of benzene rings is 1. The number of fused-ring (bicyclic) bond motifs is 1. The average Bonchev–Trinajstić information content (AvgIpc) is 3.18. The van der Waals surface area contributed by atoms with E-state index >= 15 is 0 Å². The highest BCUT2D eigenvalue weighted by molar-refractivity contribution is 7.99. The Hall–Kier alpha value is -0.520. The van der Waals surface area contributed by atoms with E-state index in [4.69, 9.17) is 0 Å². The first-order valence-electron chi connectivity index (χ1n) is 7.54. The molecule has 0 radical (unpaired) electrons. The zero-order chi connectivity index (χ0) is 14.9. The van der Waals surface area contributed by atoms with Crippen molar-refractivity contribution in [1.29, 1.82) is 0 Å². The molecule has 1 aromatic rings. The van der Waals surface area contributed by atoms with Gasteiger partial charge in [-0.3, -0.25) is 0 Å². The predicted molar refractivity (Wildman–Crippen MR) is 89.6 cm³/mol. The molecule has 1 saturated carbocycles. The van der Waals surface area contributed by atoms with Crippen molar-refractivity contribution in [2.45, 2.75) is 25.3 Å². The first-order valence-corrected chi connectivity index (χ1v) is 10.8. The van der Waals surface area contributed by atoms with E-state index in [0.29, 0.717) is 11.8 Å². The van der Waals surface area contributed by atoms with E-state index in [1.807, 2.05) is 11.8 Å². The highest BCUT2D eigenvalue weighted by Crippen LogP contribution is 2.46. The van der Waals surface area contributed by atoms with Crippen LogP contribution >= 0.6 is 11.8 Å². The zero-order valence-corrected chi connectivity index (χ0v) is 14.1. The molecule has 3 rings (SSSR count). The molecular formula is C16H23NO2S2. The van der Waals surface area contributed by atoms with Crippen LogP contribution in [0.5, 0.6) is 0 Å². The van der Waals surface area contributed by atoms with Gasteiger partial charge in [0.25, 0.3) is 0 Å². The molecule has 3 nitrogen and oxygen atoms in total. The summed E-state index contributed by atoms with van der Waals surface area (Å²) in [6.07, 6.45) is 4.56. The van der Waals surface area contributed by atoms with Crippen LogP contribution in [0.4, 0.5) is 0 Å². The second-order valence-electron chi connectivity index (χ2n) is 6.53. The van der Waals surface area contributed by atoms with E-state index in [9.17, 15) is 8.42 Å². The quantitative estimate of drug-likeness (QED) is 0.903. The summed E-state index contributed by atoms with van der Waals surface area (Å²) in [4.78, 5) is 0. The van der Waals surface area contributed by atoms with Crippen LogP contribution in [-0.2, 0) is 16.3 Å². The van der Waals surface area contributed by atoms with Crippen molar-refractivity contribution in [3.8, 4) is 0 Å². The summed E-state index contributed by atoms with van der Waals surface area (Å²) in [6, 6.07) is 9.00. The molecule has 1 aliphatic carbocycles. The Balaban J connectivity index is 1.68. The first kappa shape index (κ1) is 15.4. The fourth-order valence-corrected chi connectivity index (χ4v) is 5.76. The third-order valence-corrected chi connectivity index (χ3v) is 6.68. The molecule has 0 bridgehead atoms. The summed E-state index contributed by atoms with van der Waals surface area (Å²) in [7, 11) is -2.89. The molecule has 0 aromatic heterocycles. The van der Waals surface area contributed by atoms with E-state index < -0.39 is 9.84 Å². The molecule has 2 aliphatic rings. The molecule has 1 aromatic carbocycles. The lowest BCUT2D eigenvalue weighted by Gasteiger charge is -2.23.